The molecule has 0 aromatic carbocycles. The molecular formula is C18H6OS2. The van der Waals surface area contributed by atoms with E-state index in [0.29, 0.717) is 5.75 Å². The van der Waals surface area contributed by atoms with Gasteiger partial charge in [0.2, 0.25) is 0 Å². The van der Waals surface area contributed by atoms with Gasteiger partial charge in [0.15, 0.2) is 0 Å². The van der Waals surface area contributed by atoms with E-state index in [1.54, 1.807) is 0 Å². The van der Waals surface area contributed by atoms with Gasteiger partial charge >= 0.3 is 0 Å². The van der Waals surface area contributed by atoms with Gasteiger partial charge in [-0.1, -0.05) is 0 Å². The van der Waals surface area contributed by atoms with Crippen LogP contribution in [0.3, 0.4) is 0 Å². The molecule has 1 atom stereocenters. The monoisotopic (exact) mass is 302 g/mol. The van der Waals surface area contributed by atoms with Crippen molar-refractivity contribution in [3.05, 3.63) is 0 Å². The van der Waals surface area contributed by atoms with Crippen LogP contribution < -0.4 is 0 Å². The van der Waals surface area contributed by atoms with Crippen LogP contribution in [0, 0.1) is 94.6 Å². The Kier molecular flexibility index (Phi) is 12.9. The summed E-state index contributed by atoms with van der Waals surface area (Å²) in [5.74, 6) is 34.7. The molecule has 0 aromatic rings. The van der Waals surface area contributed by atoms with E-state index < -0.39 is 9.45 Å². The average Bonchev–Trinajstić information content (AvgIpc) is 2.48. The minimum atomic E-state index is -0.544. The Labute approximate surface area is 132 Å². The zero-order chi connectivity index (χ0) is 15.6. The molecule has 96 valence electrons. The number of terminal acetylenes is 1. The molecule has 0 saturated heterocycles. The molecule has 0 radical (unpaired) electrons. The van der Waals surface area contributed by atoms with E-state index in [-0.39, 0.29) is 6.61 Å². The van der Waals surface area contributed by atoms with Gasteiger partial charge in [-0.05, 0) is 109 Å². The summed E-state index contributed by atoms with van der Waals surface area (Å²) in [5, 5.41) is 11.3. The molecule has 0 spiro atoms. The zero-order valence-electron chi connectivity index (χ0n) is 10.8. The molecule has 0 aliphatic rings. The maximum atomic E-state index is 8.62. The molecule has 0 heterocycles. The van der Waals surface area contributed by atoms with Gasteiger partial charge in [0.05, 0.1) is 6.61 Å². The number of hydrogen-bond donors (Lipinski definition) is 1. The normalized spacial score (nSPS) is 6.86. The summed E-state index contributed by atoms with van der Waals surface area (Å²) < 4.78 is 0. The Morgan fingerprint density at radius 1 is 0.714 bits per heavy atom. The third-order valence-corrected chi connectivity index (χ3v) is 2.90. The van der Waals surface area contributed by atoms with Crippen LogP contribution >= 0.6 is 0 Å². The molecule has 3 heteroatoms. The van der Waals surface area contributed by atoms with Gasteiger partial charge in [0, 0.05) is 5.75 Å². The maximum Gasteiger partial charge on any atom is 0.0534 e. The Hall–Kier alpha value is -2.99. The number of aliphatic hydroxyl groups excluding tert-OH is 1. The second-order valence-electron chi connectivity index (χ2n) is 2.64. The SMILES string of the molecule is C#CC#CC#CC#CC#CC#CC#CC#CS(=S)CCO. The van der Waals surface area contributed by atoms with Crippen LogP contribution in [0.1, 0.15) is 0 Å². The van der Waals surface area contributed by atoms with Gasteiger partial charge in [0.25, 0.3) is 0 Å². The molecule has 0 amide bonds. The van der Waals surface area contributed by atoms with E-state index in [1.807, 2.05) is 0 Å². The molecule has 0 bridgehead atoms. The van der Waals surface area contributed by atoms with Crippen molar-refractivity contribution in [2.24, 2.45) is 0 Å². The van der Waals surface area contributed by atoms with Crippen molar-refractivity contribution in [1.82, 2.24) is 0 Å². The molecule has 0 aliphatic carbocycles. The first-order chi connectivity index (χ1) is 10.3. The minimum absolute atomic E-state index is 0.0337. The summed E-state index contributed by atoms with van der Waals surface area (Å²) in [6.07, 6.45) is 4.90. The van der Waals surface area contributed by atoms with E-state index in [9.17, 15) is 0 Å². The third kappa shape index (κ3) is 15.0. The molecule has 0 saturated carbocycles. The largest absolute Gasteiger partial charge is 0.395 e. The fourth-order valence-corrected chi connectivity index (χ4v) is 1.38. The van der Waals surface area contributed by atoms with Crippen molar-refractivity contribution in [3.63, 3.8) is 0 Å². The fourth-order valence-electron chi connectivity index (χ4n) is 0.596. The lowest BCUT2D eigenvalue weighted by Gasteiger charge is -1.86. The van der Waals surface area contributed by atoms with Gasteiger partial charge in [-0.2, -0.15) is 0 Å². The summed E-state index contributed by atoms with van der Waals surface area (Å²) in [7, 11) is -0.544. The quantitative estimate of drug-likeness (QED) is 0.705. The standard InChI is InChI=1S/C18H6OS2/c1-2-3-4-5-6-7-8-9-10-11-12-13-14-15-17-21(20)18-16-19/h1,19H,16,18H2. The van der Waals surface area contributed by atoms with Gasteiger partial charge in [-0.3, -0.25) is 0 Å². The van der Waals surface area contributed by atoms with Crippen LogP contribution in [0.25, 0.3) is 0 Å². The van der Waals surface area contributed by atoms with Crippen molar-refractivity contribution in [3.8, 4) is 94.6 Å². The highest BCUT2D eigenvalue weighted by Crippen LogP contribution is 1.76. The summed E-state index contributed by atoms with van der Waals surface area (Å²) in [6.45, 7) is 0.0337. The lowest BCUT2D eigenvalue weighted by atomic mass is 10.5. The highest BCUT2D eigenvalue weighted by molar-refractivity contribution is 8.31. The maximum absolute atomic E-state index is 8.62. The molecule has 1 N–H and O–H groups in total. The van der Waals surface area contributed by atoms with E-state index >= 15 is 0 Å². The fraction of sp³-hybridized carbons (Fsp3) is 0.111. The van der Waals surface area contributed by atoms with Crippen molar-refractivity contribution in [1.29, 1.82) is 0 Å². The molecule has 1 unspecified atom stereocenters. The second-order valence-corrected chi connectivity index (χ2v) is 5.16. The number of rotatable bonds is 2. The molecule has 0 aliphatic heterocycles. The van der Waals surface area contributed by atoms with Crippen molar-refractivity contribution < 1.29 is 5.11 Å². The van der Waals surface area contributed by atoms with Crippen LogP contribution in [0.15, 0.2) is 0 Å². The van der Waals surface area contributed by atoms with Gasteiger partial charge < -0.3 is 5.11 Å². The zero-order valence-corrected chi connectivity index (χ0v) is 12.4. The van der Waals surface area contributed by atoms with Gasteiger partial charge in [-0.15, -0.1) is 6.42 Å². The first kappa shape index (κ1) is 18.0. The predicted molar refractivity (Wildman–Crippen MR) is 89.9 cm³/mol. The molecule has 0 aromatic heterocycles. The van der Waals surface area contributed by atoms with Gasteiger partial charge in [0.1, 0.15) is 0 Å². The smallest absolute Gasteiger partial charge is 0.0534 e. The predicted octanol–water partition coefficient (Wildman–Crippen LogP) is -0.327. The van der Waals surface area contributed by atoms with Crippen molar-refractivity contribution in [2.45, 2.75) is 0 Å². The summed E-state index contributed by atoms with van der Waals surface area (Å²) >= 11 is 4.95. The topological polar surface area (TPSA) is 20.2 Å². The minimum Gasteiger partial charge on any atom is -0.395 e. The number of hydrogen-bond acceptors (Lipinski definition) is 2. The highest BCUT2D eigenvalue weighted by Gasteiger charge is 1.83. The van der Waals surface area contributed by atoms with Gasteiger partial charge in [-0.25, -0.2) is 0 Å². The first-order valence-corrected chi connectivity index (χ1v) is 7.58. The van der Waals surface area contributed by atoms with E-state index in [0.717, 1.165) is 0 Å². The number of aliphatic hydroxyl groups is 1. The lowest BCUT2D eigenvalue weighted by Crippen LogP contribution is -1.96. The summed E-state index contributed by atoms with van der Waals surface area (Å²) in [6, 6.07) is 0. The summed E-state index contributed by atoms with van der Waals surface area (Å²) in [4.78, 5) is 0. The van der Waals surface area contributed by atoms with E-state index in [2.05, 4.69) is 88.1 Å². The Balaban J connectivity index is 4.32. The van der Waals surface area contributed by atoms with E-state index in [1.165, 1.54) is 0 Å². The lowest BCUT2D eigenvalue weighted by molar-refractivity contribution is 0.322. The molecule has 21 heavy (non-hydrogen) atoms. The Morgan fingerprint density at radius 3 is 1.48 bits per heavy atom. The third-order valence-electron chi connectivity index (χ3n) is 1.26. The van der Waals surface area contributed by atoms with Crippen LogP contribution in [-0.4, -0.2) is 17.5 Å². The van der Waals surface area contributed by atoms with Crippen molar-refractivity contribution >= 4 is 20.6 Å². The molecular weight excluding hydrogens is 296 g/mol. The average molecular weight is 302 g/mol. The Bertz CT molecular complexity index is 867. The molecule has 0 fully saturated rings. The Morgan fingerprint density at radius 2 is 1.10 bits per heavy atom. The van der Waals surface area contributed by atoms with Crippen molar-refractivity contribution in [2.75, 3.05) is 12.4 Å². The van der Waals surface area contributed by atoms with Crippen LogP contribution in [0.5, 0.6) is 0 Å². The second kappa shape index (κ2) is 15.1. The first-order valence-electron chi connectivity index (χ1n) is 5.26. The molecule has 0 rings (SSSR count). The molecule has 1 nitrogen and oxygen atoms in total. The van der Waals surface area contributed by atoms with Crippen LogP contribution in [-0.2, 0) is 20.6 Å². The highest BCUT2D eigenvalue weighted by atomic mass is 32.8. The van der Waals surface area contributed by atoms with E-state index in [4.69, 9.17) is 22.7 Å². The summed E-state index contributed by atoms with van der Waals surface area (Å²) in [5.41, 5.74) is 0. The van der Waals surface area contributed by atoms with Crippen LogP contribution in [0.2, 0.25) is 0 Å². The van der Waals surface area contributed by atoms with Crippen LogP contribution in [0.4, 0.5) is 0 Å².